The van der Waals surface area contributed by atoms with Crippen LogP contribution in [0, 0.1) is 0 Å². The molecule has 90 valence electrons. The van der Waals surface area contributed by atoms with Gasteiger partial charge in [-0.2, -0.15) is 0 Å². The number of ether oxygens (including phenoxy) is 1. The Hall–Kier alpha value is -0.570. The van der Waals surface area contributed by atoms with Gasteiger partial charge in [0.15, 0.2) is 0 Å². The van der Waals surface area contributed by atoms with E-state index in [4.69, 9.17) is 22.1 Å². The molecule has 1 aromatic rings. The summed E-state index contributed by atoms with van der Waals surface area (Å²) in [6.45, 7) is 6.60. The van der Waals surface area contributed by atoms with Crippen molar-refractivity contribution >= 4 is 11.6 Å². The van der Waals surface area contributed by atoms with Crippen molar-refractivity contribution in [3.05, 3.63) is 34.9 Å². The highest BCUT2D eigenvalue weighted by Gasteiger charge is 2.24. The minimum atomic E-state index is -0.304. The van der Waals surface area contributed by atoms with Gasteiger partial charge in [0.25, 0.3) is 0 Å². The Labute approximate surface area is 103 Å². The Morgan fingerprint density at radius 1 is 1.31 bits per heavy atom. The van der Waals surface area contributed by atoms with Crippen LogP contribution in [-0.4, -0.2) is 18.2 Å². The van der Waals surface area contributed by atoms with E-state index in [1.54, 1.807) is 0 Å². The zero-order valence-corrected chi connectivity index (χ0v) is 10.9. The quantitative estimate of drug-likeness (QED) is 0.860. The third-order valence-electron chi connectivity index (χ3n) is 2.44. The van der Waals surface area contributed by atoms with E-state index in [-0.39, 0.29) is 11.7 Å². The molecule has 1 atom stereocenters. The van der Waals surface area contributed by atoms with Gasteiger partial charge in [0.1, 0.15) is 0 Å². The second kappa shape index (κ2) is 5.67. The van der Waals surface area contributed by atoms with Gasteiger partial charge < -0.3 is 10.5 Å². The summed E-state index contributed by atoms with van der Waals surface area (Å²) in [6.07, 6.45) is 0.986. The molecule has 0 aliphatic carbocycles. The van der Waals surface area contributed by atoms with Gasteiger partial charge in [0.2, 0.25) is 0 Å². The van der Waals surface area contributed by atoms with Crippen molar-refractivity contribution in [2.45, 2.75) is 38.9 Å². The van der Waals surface area contributed by atoms with Crippen molar-refractivity contribution in [1.29, 1.82) is 0 Å². The molecule has 0 amide bonds. The monoisotopic (exact) mass is 241 g/mol. The van der Waals surface area contributed by atoms with Crippen LogP contribution < -0.4 is 5.73 Å². The molecule has 0 saturated heterocycles. The summed E-state index contributed by atoms with van der Waals surface area (Å²) in [7, 11) is 0. The maximum Gasteiger partial charge on any atom is 0.0819 e. The summed E-state index contributed by atoms with van der Waals surface area (Å²) in [4.78, 5) is 0. The van der Waals surface area contributed by atoms with E-state index in [0.717, 1.165) is 11.4 Å². The molecule has 0 radical (unpaired) electrons. The molecule has 1 unspecified atom stereocenters. The molecule has 0 aromatic heterocycles. The number of halogens is 1. The standard InChI is InChI=1S/C13H20ClNO/c1-10(2)16-13(3,9-15)8-11-4-6-12(14)7-5-11/h4-7,10H,8-9,15H2,1-3H3. The van der Waals surface area contributed by atoms with E-state index < -0.39 is 0 Å². The number of hydrogen-bond acceptors (Lipinski definition) is 2. The van der Waals surface area contributed by atoms with Crippen LogP contribution in [0.15, 0.2) is 24.3 Å². The van der Waals surface area contributed by atoms with E-state index >= 15 is 0 Å². The summed E-state index contributed by atoms with van der Waals surface area (Å²) in [6, 6.07) is 7.81. The van der Waals surface area contributed by atoms with Crippen molar-refractivity contribution in [2.24, 2.45) is 5.73 Å². The fourth-order valence-electron chi connectivity index (χ4n) is 1.77. The van der Waals surface area contributed by atoms with Crippen LogP contribution in [0.25, 0.3) is 0 Å². The molecular weight excluding hydrogens is 222 g/mol. The fourth-order valence-corrected chi connectivity index (χ4v) is 1.89. The first-order valence-corrected chi connectivity index (χ1v) is 5.95. The summed E-state index contributed by atoms with van der Waals surface area (Å²) >= 11 is 5.85. The Balaban J connectivity index is 2.72. The SMILES string of the molecule is CC(C)OC(C)(CN)Cc1ccc(Cl)cc1. The van der Waals surface area contributed by atoms with Crippen molar-refractivity contribution < 1.29 is 4.74 Å². The topological polar surface area (TPSA) is 35.2 Å². The highest BCUT2D eigenvalue weighted by molar-refractivity contribution is 6.30. The molecule has 16 heavy (non-hydrogen) atoms. The lowest BCUT2D eigenvalue weighted by atomic mass is 9.96. The molecule has 0 saturated carbocycles. The van der Waals surface area contributed by atoms with Crippen LogP contribution in [0.5, 0.6) is 0 Å². The van der Waals surface area contributed by atoms with Crippen LogP contribution in [0.4, 0.5) is 0 Å². The normalized spacial score (nSPS) is 15.1. The minimum absolute atomic E-state index is 0.181. The molecule has 0 heterocycles. The molecule has 0 spiro atoms. The molecule has 0 bridgehead atoms. The van der Waals surface area contributed by atoms with Crippen LogP contribution in [0.1, 0.15) is 26.3 Å². The fraction of sp³-hybridized carbons (Fsp3) is 0.538. The van der Waals surface area contributed by atoms with Crippen molar-refractivity contribution in [3.8, 4) is 0 Å². The molecule has 1 aromatic carbocycles. The summed E-state index contributed by atoms with van der Waals surface area (Å²) in [5.41, 5.74) is 6.67. The zero-order chi connectivity index (χ0) is 12.2. The van der Waals surface area contributed by atoms with E-state index in [9.17, 15) is 0 Å². The highest BCUT2D eigenvalue weighted by Crippen LogP contribution is 2.20. The third-order valence-corrected chi connectivity index (χ3v) is 2.70. The number of rotatable bonds is 5. The van der Waals surface area contributed by atoms with Crippen molar-refractivity contribution in [1.82, 2.24) is 0 Å². The smallest absolute Gasteiger partial charge is 0.0819 e. The maximum atomic E-state index is 5.86. The van der Waals surface area contributed by atoms with Gasteiger partial charge in [-0.15, -0.1) is 0 Å². The third kappa shape index (κ3) is 4.12. The van der Waals surface area contributed by atoms with Crippen LogP contribution in [-0.2, 0) is 11.2 Å². The predicted octanol–water partition coefficient (Wildman–Crippen LogP) is 3.02. The van der Waals surface area contributed by atoms with E-state index in [1.165, 1.54) is 5.56 Å². The average Bonchev–Trinajstić information content (AvgIpc) is 2.20. The van der Waals surface area contributed by atoms with E-state index in [1.807, 2.05) is 45.0 Å². The Morgan fingerprint density at radius 2 is 1.88 bits per heavy atom. The molecule has 2 nitrogen and oxygen atoms in total. The molecule has 1 rings (SSSR count). The first kappa shape index (κ1) is 13.5. The number of benzene rings is 1. The van der Waals surface area contributed by atoms with E-state index in [2.05, 4.69) is 0 Å². The van der Waals surface area contributed by atoms with Gasteiger partial charge in [-0.3, -0.25) is 0 Å². The Bertz CT molecular complexity index is 323. The molecule has 0 aliphatic rings. The van der Waals surface area contributed by atoms with Gasteiger partial charge in [-0.05, 0) is 38.5 Å². The first-order valence-electron chi connectivity index (χ1n) is 5.57. The minimum Gasteiger partial charge on any atom is -0.371 e. The van der Waals surface area contributed by atoms with Gasteiger partial charge >= 0.3 is 0 Å². The van der Waals surface area contributed by atoms with Crippen LogP contribution in [0.2, 0.25) is 5.02 Å². The second-order valence-electron chi connectivity index (χ2n) is 4.62. The summed E-state index contributed by atoms with van der Waals surface area (Å²) in [5, 5.41) is 0.753. The zero-order valence-electron chi connectivity index (χ0n) is 10.2. The van der Waals surface area contributed by atoms with Crippen LogP contribution in [0.3, 0.4) is 0 Å². The average molecular weight is 242 g/mol. The second-order valence-corrected chi connectivity index (χ2v) is 5.06. The number of nitrogens with two attached hydrogens (primary N) is 1. The molecule has 0 fully saturated rings. The van der Waals surface area contributed by atoms with Crippen molar-refractivity contribution in [2.75, 3.05) is 6.54 Å². The first-order chi connectivity index (χ1) is 7.45. The predicted molar refractivity (Wildman–Crippen MR) is 68.8 cm³/mol. The van der Waals surface area contributed by atoms with E-state index in [0.29, 0.717) is 6.54 Å². The lowest BCUT2D eigenvalue weighted by Crippen LogP contribution is -2.41. The molecule has 2 N–H and O–H groups in total. The van der Waals surface area contributed by atoms with Gasteiger partial charge in [0, 0.05) is 18.0 Å². The summed E-state index contributed by atoms with van der Waals surface area (Å²) in [5.74, 6) is 0. The molecule has 0 aliphatic heterocycles. The van der Waals surface area contributed by atoms with Crippen LogP contribution >= 0.6 is 11.6 Å². The largest absolute Gasteiger partial charge is 0.371 e. The lowest BCUT2D eigenvalue weighted by molar-refractivity contribution is -0.0611. The maximum absolute atomic E-state index is 5.86. The number of hydrogen-bond donors (Lipinski definition) is 1. The molecular formula is C13H20ClNO. The Morgan fingerprint density at radius 3 is 2.31 bits per heavy atom. The highest BCUT2D eigenvalue weighted by atomic mass is 35.5. The van der Waals surface area contributed by atoms with Gasteiger partial charge in [-0.1, -0.05) is 23.7 Å². The molecule has 3 heteroatoms. The van der Waals surface area contributed by atoms with Gasteiger partial charge in [-0.25, -0.2) is 0 Å². The van der Waals surface area contributed by atoms with Gasteiger partial charge in [0.05, 0.1) is 11.7 Å². The van der Waals surface area contributed by atoms with Crippen molar-refractivity contribution in [3.63, 3.8) is 0 Å². The lowest BCUT2D eigenvalue weighted by Gasteiger charge is -2.30. The summed E-state index contributed by atoms with van der Waals surface area (Å²) < 4.78 is 5.86. The Kier molecular flexibility index (Phi) is 4.78.